The number of hydrogen-bond acceptors (Lipinski definition) is 4. The first-order chi connectivity index (χ1) is 28.8. The fourth-order valence-electron chi connectivity index (χ4n) is 8.53. The summed E-state index contributed by atoms with van der Waals surface area (Å²) in [7, 11) is 0. The van der Waals surface area contributed by atoms with Crippen LogP contribution in [-0.4, -0.2) is 14.5 Å². The van der Waals surface area contributed by atoms with Gasteiger partial charge in [0, 0.05) is 44.0 Å². The second-order valence-electron chi connectivity index (χ2n) is 14.4. The number of para-hydroxylation sites is 2. The van der Waals surface area contributed by atoms with Crippen molar-refractivity contribution in [2.75, 3.05) is 0 Å². The van der Waals surface area contributed by atoms with Gasteiger partial charge in [0.05, 0.1) is 33.5 Å². The van der Waals surface area contributed by atoms with Crippen molar-refractivity contribution < 1.29 is 4.42 Å². The highest BCUT2D eigenvalue weighted by Gasteiger charge is 2.27. The van der Waals surface area contributed by atoms with Crippen molar-refractivity contribution in [1.29, 1.82) is 5.26 Å². The zero-order valence-corrected chi connectivity index (χ0v) is 31.2. The van der Waals surface area contributed by atoms with Crippen molar-refractivity contribution in [2.24, 2.45) is 0 Å². The van der Waals surface area contributed by atoms with Crippen molar-refractivity contribution in [3.05, 3.63) is 200 Å². The van der Waals surface area contributed by atoms with Crippen molar-refractivity contribution in [3.8, 4) is 67.9 Å². The number of nitrogens with zero attached hydrogens (tertiary/aromatic N) is 4. The van der Waals surface area contributed by atoms with Crippen LogP contribution in [0, 0.1) is 11.3 Å². The molecule has 11 aromatic rings. The van der Waals surface area contributed by atoms with Crippen molar-refractivity contribution in [1.82, 2.24) is 14.5 Å². The van der Waals surface area contributed by atoms with Crippen LogP contribution in [0.4, 0.5) is 0 Å². The molecule has 3 heterocycles. The first kappa shape index (κ1) is 33.3. The van der Waals surface area contributed by atoms with Gasteiger partial charge in [-0.3, -0.25) is 0 Å². The van der Waals surface area contributed by atoms with Crippen molar-refractivity contribution in [3.63, 3.8) is 0 Å². The maximum Gasteiger partial charge on any atom is 0.161 e. The number of benzene rings is 8. The van der Waals surface area contributed by atoms with E-state index in [1.807, 2.05) is 78.9 Å². The van der Waals surface area contributed by atoms with Gasteiger partial charge in [-0.05, 0) is 41.5 Å². The molecule has 5 nitrogen and oxygen atoms in total. The molecule has 0 atom stereocenters. The molecule has 0 saturated carbocycles. The SMILES string of the molecule is N#Cc1c(-c2ccccc2)nc(-c2ccc(-c3ccccc3)c(-n3c4ccccc4c4c5oc6ccccc6c5ccc43)c2-c2ccccc2)nc1-c1ccccc1. The molecule has 11 rings (SSSR count). The Morgan fingerprint density at radius 3 is 1.62 bits per heavy atom. The average Bonchev–Trinajstić information content (AvgIpc) is 3.85. The fourth-order valence-corrected chi connectivity index (χ4v) is 8.53. The van der Waals surface area contributed by atoms with Gasteiger partial charge in [-0.25, -0.2) is 9.97 Å². The molecule has 58 heavy (non-hydrogen) atoms. The Bertz CT molecular complexity index is 3320. The predicted octanol–water partition coefficient (Wildman–Crippen LogP) is 13.7. The lowest BCUT2D eigenvalue weighted by atomic mass is 9.90. The highest BCUT2D eigenvalue weighted by molar-refractivity contribution is 6.24. The lowest BCUT2D eigenvalue weighted by molar-refractivity contribution is 0.673. The summed E-state index contributed by atoms with van der Waals surface area (Å²) in [5, 5.41) is 15.1. The molecule has 0 spiro atoms. The van der Waals surface area contributed by atoms with Gasteiger partial charge in [0.2, 0.25) is 0 Å². The van der Waals surface area contributed by atoms with Crippen molar-refractivity contribution >= 4 is 43.7 Å². The third-order valence-electron chi connectivity index (χ3n) is 11.1. The summed E-state index contributed by atoms with van der Waals surface area (Å²) in [4.78, 5) is 10.6. The van der Waals surface area contributed by atoms with Crippen molar-refractivity contribution in [2.45, 2.75) is 0 Å². The second-order valence-corrected chi connectivity index (χ2v) is 14.4. The maximum absolute atomic E-state index is 10.7. The molecule has 3 aromatic heterocycles. The monoisotopic (exact) mass is 740 g/mol. The Kier molecular flexibility index (Phi) is 7.80. The third kappa shape index (κ3) is 5.24. The molecule has 0 aliphatic carbocycles. The summed E-state index contributed by atoms with van der Waals surface area (Å²) in [6, 6.07) is 69.0. The molecule has 0 radical (unpaired) electrons. The van der Waals surface area contributed by atoms with E-state index in [0.29, 0.717) is 22.8 Å². The normalized spacial score (nSPS) is 11.4. The Balaban J connectivity index is 1.32. The van der Waals surface area contributed by atoms with Crippen LogP contribution in [0.15, 0.2) is 199 Å². The zero-order chi connectivity index (χ0) is 38.6. The lowest BCUT2D eigenvalue weighted by Gasteiger charge is -2.22. The molecule has 0 fully saturated rings. The summed E-state index contributed by atoms with van der Waals surface area (Å²) >= 11 is 0. The molecule has 5 heteroatoms. The van der Waals surface area contributed by atoms with Crippen LogP contribution in [0.3, 0.4) is 0 Å². The van der Waals surface area contributed by atoms with Gasteiger partial charge in [-0.1, -0.05) is 164 Å². The van der Waals surface area contributed by atoms with E-state index in [-0.39, 0.29) is 0 Å². The minimum Gasteiger partial charge on any atom is -0.455 e. The van der Waals surface area contributed by atoms with E-state index >= 15 is 0 Å². The Labute approximate surface area is 334 Å². The van der Waals surface area contributed by atoms with Crippen LogP contribution in [0.2, 0.25) is 0 Å². The number of hydrogen-bond donors (Lipinski definition) is 0. The smallest absolute Gasteiger partial charge is 0.161 e. The van der Waals surface area contributed by atoms with E-state index in [4.69, 9.17) is 14.4 Å². The van der Waals surface area contributed by atoms with E-state index in [9.17, 15) is 5.26 Å². The van der Waals surface area contributed by atoms with Crippen LogP contribution < -0.4 is 0 Å². The highest BCUT2D eigenvalue weighted by Crippen LogP contribution is 2.47. The number of aromatic nitrogens is 3. The predicted molar refractivity (Wildman–Crippen MR) is 236 cm³/mol. The van der Waals surface area contributed by atoms with Crippen LogP contribution in [0.25, 0.3) is 106 Å². The maximum atomic E-state index is 10.7. The fraction of sp³-hybridized carbons (Fsp3) is 0. The molecule has 0 aliphatic heterocycles. The summed E-state index contributed by atoms with van der Waals surface area (Å²) in [6.07, 6.45) is 0. The number of furan rings is 1. The molecule has 0 N–H and O–H groups in total. The molecule has 0 amide bonds. The quantitative estimate of drug-likeness (QED) is 0.170. The number of nitriles is 1. The highest BCUT2D eigenvalue weighted by atomic mass is 16.3. The average molecular weight is 741 g/mol. The molecular formula is C53H32N4O. The molecule has 8 aromatic carbocycles. The third-order valence-corrected chi connectivity index (χ3v) is 11.1. The molecule has 0 unspecified atom stereocenters. The van der Waals surface area contributed by atoms with Crippen LogP contribution in [0.5, 0.6) is 0 Å². The van der Waals surface area contributed by atoms with Gasteiger partial charge in [-0.2, -0.15) is 5.26 Å². The topological polar surface area (TPSA) is 67.6 Å². The zero-order valence-electron chi connectivity index (χ0n) is 31.2. The summed E-state index contributed by atoms with van der Waals surface area (Å²) in [6.45, 7) is 0. The van der Waals surface area contributed by atoms with E-state index in [1.165, 1.54) is 0 Å². The van der Waals surface area contributed by atoms with Gasteiger partial charge in [0.15, 0.2) is 5.82 Å². The second kappa shape index (κ2) is 13.6. The summed E-state index contributed by atoms with van der Waals surface area (Å²) in [5.74, 6) is 0.525. The van der Waals surface area contributed by atoms with E-state index in [2.05, 4.69) is 126 Å². The largest absolute Gasteiger partial charge is 0.455 e. The van der Waals surface area contributed by atoms with Gasteiger partial charge in [0.1, 0.15) is 22.8 Å². The van der Waals surface area contributed by atoms with E-state index < -0.39 is 0 Å². The summed E-state index contributed by atoms with van der Waals surface area (Å²) < 4.78 is 9.11. The first-order valence-electron chi connectivity index (χ1n) is 19.3. The molecular weight excluding hydrogens is 709 g/mol. The van der Waals surface area contributed by atoms with Gasteiger partial charge in [0.25, 0.3) is 0 Å². The molecule has 0 saturated heterocycles. The Hall–Kier alpha value is -8.07. The van der Waals surface area contributed by atoms with Gasteiger partial charge < -0.3 is 8.98 Å². The number of fused-ring (bicyclic) bond motifs is 7. The van der Waals surface area contributed by atoms with Crippen LogP contribution >= 0.6 is 0 Å². The Morgan fingerprint density at radius 2 is 0.983 bits per heavy atom. The van der Waals surface area contributed by atoms with Crippen LogP contribution in [0.1, 0.15) is 5.56 Å². The lowest BCUT2D eigenvalue weighted by Crippen LogP contribution is -2.05. The minimum absolute atomic E-state index is 0.431. The van der Waals surface area contributed by atoms with Gasteiger partial charge in [-0.15, -0.1) is 0 Å². The van der Waals surface area contributed by atoms with E-state index in [1.54, 1.807) is 0 Å². The molecule has 0 bridgehead atoms. The minimum atomic E-state index is 0.431. The van der Waals surface area contributed by atoms with Crippen LogP contribution in [-0.2, 0) is 0 Å². The molecule has 270 valence electrons. The first-order valence-corrected chi connectivity index (χ1v) is 19.3. The summed E-state index contributed by atoms with van der Waals surface area (Å²) in [5.41, 5.74) is 13.0. The standard InChI is InChI=1S/C53H32N4O/c54-33-43-49(36-21-9-3-10-22-36)55-53(56-50(43)37-23-11-4-12-24-37)42-30-29-38(34-17-5-1-6-18-34)51(47(42)35-19-7-2-8-20-35)57-44-27-15-13-26-41(44)48-45(57)32-31-40-39-25-14-16-28-46(39)58-52(40)48/h1-32H. The van der Waals surface area contributed by atoms with E-state index in [0.717, 1.165) is 88.4 Å². The molecule has 0 aliphatic rings. The Morgan fingerprint density at radius 1 is 0.448 bits per heavy atom. The van der Waals surface area contributed by atoms with Gasteiger partial charge >= 0.3 is 0 Å². The number of rotatable bonds is 6.